The van der Waals surface area contributed by atoms with Crippen molar-refractivity contribution in [2.45, 2.75) is 17.1 Å². The largest absolute Gasteiger partial charge is 0.321 e. The molecular formula is C41H33Cl2N5O4S. The Hall–Kier alpha value is -5.81. The van der Waals surface area contributed by atoms with Crippen LogP contribution in [0.3, 0.4) is 0 Å². The van der Waals surface area contributed by atoms with Crippen LogP contribution in [0, 0.1) is 6.92 Å². The van der Waals surface area contributed by atoms with Gasteiger partial charge in [0, 0.05) is 23.2 Å². The van der Waals surface area contributed by atoms with E-state index in [1.807, 2.05) is 66.7 Å². The van der Waals surface area contributed by atoms with Crippen molar-refractivity contribution in [3.63, 3.8) is 0 Å². The maximum atomic E-state index is 14.0. The molecule has 0 radical (unpaired) electrons. The number of rotatable bonds is 11. The molecule has 0 saturated carbocycles. The van der Waals surface area contributed by atoms with Crippen LogP contribution in [-0.2, 0) is 16.6 Å². The van der Waals surface area contributed by atoms with Crippen molar-refractivity contribution in [1.29, 1.82) is 0 Å². The van der Waals surface area contributed by atoms with Gasteiger partial charge in [0.1, 0.15) is 16.6 Å². The molecule has 0 saturated heterocycles. The maximum absolute atomic E-state index is 14.0. The first-order chi connectivity index (χ1) is 25.6. The number of anilines is 2. The smallest absolute Gasteiger partial charge is 0.295 e. The first-order valence-electron chi connectivity index (χ1n) is 16.4. The van der Waals surface area contributed by atoms with Crippen LogP contribution < -0.4 is 21.5 Å². The van der Waals surface area contributed by atoms with Crippen molar-refractivity contribution >= 4 is 70.1 Å². The fourth-order valence-corrected chi connectivity index (χ4v) is 6.96. The lowest BCUT2D eigenvalue weighted by Crippen LogP contribution is -2.30. The third kappa shape index (κ3) is 8.64. The predicted octanol–water partition coefficient (Wildman–Crippen LogP) is 8.67. The standard InChI is InChI=1S/C41H33Cl2N5O4S/c1-26-36(41(52)48(47(26)2)31-20-10-5-11-21-31)46-40(51)37(27-14-6-3-7-15-27)53-32-22-13-19-30(25-32)44-39(50)34(24-29-18-12-23-33(42)35(29)43)45-38(49)28-16-8-4-9-17-28/h3-25,37H,1-2H3,(H,44,50)(H,45,49)(H,46,51)/b34-24+. The Morgan fingerprint density at radius 3 is 2.11 bits per heavy atom. The molecule has 0 aliphatic carbocycles. The molecule has 53 heavy (non-hydrogen) atoms. The summed E-state index contributed by atoms with van der Waals surface area (Å²) in [4.78, 5) is 55.2. The van der Waals surface area contributed by atoms with Gasteiger partial charge in [-0.15, -0.1) is 11.8 Å². The molecule has 266 valence electrons. The van der Waals surface area contributed by atoms with Gasteiger partial charge in [-0.05, 0) is 72.7 Å². The van der Waals surface area contributed by atoms with E-state index in [0.717, 1.165) is 0 Å². The molecule has 0 spiro atoms. The Morgan fingerprint density at radius 1 is 0.774 bits per heavy atom. The fourth-order valence-electron chi connectivity index (χ4n) is 5.51. The molecule has 0 aliphatic heterocycles. The SMILES string of the molecule is Cc1c(NC(=O)C(Sc2cccc(NC(=O)/C(=C\c3cccc(Cl)c3Cl)NC(=O)c3ccccc3)c2)c2ccccc2)c(=O)n(-c2ccccc2)n1C. The van der Waals surface area contributed by atoms with Crippen LogP contribution in [-0.4, -0.2) is 27.1 Å². The molecule has 5 aromatic carbocycles. The quantitative estimate of drug-likeness (QED) is 0.0904. The van der Waals surface area contributed by atoms with Gasteiger partial charge >= 0.3 is 0 Å². The number of nitrogens with zero attached hydrogens (tertiary/aromatic N) is 2. The predicted molar refractivity (Wildman–Crippen MR) is 213 cm³/mol. The van der Waals surface area contributed by atoms with Gasteiger partial charge in [0.15, 0.2) is 0 Å². The average molecular weight is 763 g/mol. The number of thioether (sulfide) groups is 1. The van der Waals surface area contributed by atoms with Gasteiger partial charge in [0.2, 0.25) is 5.91 Å². The number of para-hydroxylation sites is 1. The minimum Gasteiger partial charge on any atom is -0.321 e. The lowest BCUT2D eigenvalue weighted by Gasteiger charge is -2.17. The normalized spacial score (nSPS) is 11.8. The van der Waals surface area contributed by atoms with Crippen LogP contribution in [0.15, 0.2) is 149 Å². The molecule has 12 heteroatoms. The second-order valence-electron chi connectivity index (χ2n) is 11.8. The summed E-state index contributed by atoms with van der Waals surface area (Å²) < 4.78 is 3.21. The molecule has 1 unspecified atom stereocenters. The van der Waals surface area contributed by atoms with Crippen LogP contribution in [0.2, 0.25) is 10.0 Å². The Bertz CT molecular complexity index is 2380. The molecule has 6 rings (SSSR count). The number of nitrogens with one attached hydrogen (secondary N) is 3. The molecule has 0 fully saturated rings. The number of carbonyl (C=O) groups excluding carboxylic acids is 3. The molecule has 0 bridgehead atoms. The molecule has 1 heterocycles. The Kier molecular flexibility index (Phi) is 11.6. The summed E-state index contributed by atoms with van der Waals surface area (Å²) in [6, 6.07) is 38.9. The fraction of sp³-hybridized carbons (Fsp3) is 0.0732. The molecule has 3 amide bonds. The zero-order chi connectivity index (χ0) is 37.5. The second-order valence-corrected chi connectivity index (χ2v) is 13.8. The lowest BCUT2D eigenvalue weighted by atomic mass is 10.1. The first kappa shape index (κ1) is 37.0. The van der Waals surface area contributed by atoms with Gasteiger partial charge in [-0.1, -0.05) is 108 Å². The highest BCUT2D eigenvalue weighted by atomic mass is 35.5. The number of hydrogen-bond acceptors (Lipinski definition) is 5. The summed E-state index contributed by atoms with van der Waals surface area (Å²) in [5.74, 6) is -1.50. The summed E-state index contributed by atoms with van der Waals surface area (Å²) in [5.41, 5.74) is 2.94. The Morgan fingerprint density at radius 2 is 1.42 bits per heavy atom. The molecule has 0 aliphatic rings. The summed E-state index contributed by atoms with van der Waals surface area (Å²) >= 11 is 13.9. The van der Waals surface area contributed by atoms with E-state index >= 15 is 0 Å². The molecule has 1 atom stereocenters. The third-order valence-corrected chi connectivity index (χ3v) is 10.4. The summed E-state index contributed by atoms with van der Waals surface area (Å²) in [7, 11) is 1.76. The van der Waals surface area contributed by atoms with Crippen LogP contribution in [0.5, 0.6) is 0 Å². The molecule has 9 nitrogen and oxygen atoms in total. The van der Waals surface area contributed by atoms with Crippen molar-refractivity contribution in [1.82, 2.24) is 14.7 Å². The van der Waals surface area contributed by atoms with Crippen LogP contribution in [0.25, 0.3) is 11.8 Å². The highest BCUT2D eigenvalue weighted by Crippen LogP contribution is 2.37. The van der Waals surface area contributed by atoms with Crippen LogP contribution in [0.4, 0.5) is 11.4 Å². The van der Waals surface area contributed by atoms with Gasteiger partial charge < -0.3 is 16.0 Å². The summed E-state index contributed by atoms with van der Waals surface area (Å²) in [5, 5.41) is 8.21. The van der Waals surface area contributed by atoms with Gasteiger partial charge in [0.05, 0.1) is 21.4 Å². The average Bonchev–Trinajstić information content (AvgIpc) is 3.38. The number of benzene rings is 5. The van der Waals surface area contributed by atoms with Crippen molar-refractivity contribution in [3.8, 4) is 5.69 Å². The molecule has 3 N–H and O–H groups in total. The first-order valence-corrected chi connectivity index (χ1v) is 18.0. The Balaban J connectivity index is 1.27. The van der Waals surface area contributed by atoms with E-state index in [1.54, 1.807) is 85.4 Å². The minimum atomic E-state index is -0.767. The van der Waals surface area contributed by atoms with E-state index in [0.29, 0.717) is 43.7 Å². The number of amides is 3. The van der Waals surface area contributed by atoms with Crippen molar-refractivity contribution in [2.75, 3.05) is 10.6 Å². The summed E-state index contributed by atoms with van der Waals surface area (Å²) in [6.07, 6.45) is 1.45. The van der Waals surface area contributed by atoms with Crippen molar-refractivity contribution in [3.05, 3.63) is 182 Å². The van der Waals surface area contributed by atoms with Gasteiger partial charge in [0.25, 0.3) is 17.4 Å². The van der Waals surface area contributed by atoms with Gasteiger partial charge in [-0.2, -0.15) is 0 Å². The van der Waals surface area contributed by atoms with E-state index in [-0.39, 0.29) is 22.0 Å². The number of halogens is 2. The van der Waals surface area contributed by atoms with E-state index < -0.39 is 23.0 Å². The van der Waals surface area contributed by atoms with Crippen LogP contribution >= 0.6 is 35.0 Å². The minimum absolute atomic E-state index is 0.0676. The third-order valence-electron chi connectivity index (χ3n) is 8.30. The zero-order valence-electron chi connectivity index (χ0n) is 28.5. The molecule has 1 aromatic heterocycles. The number of hydrogen-bond donors (Lipinski definition) is 3. The molecule has 6 aromatic rings. The van der Waals surface area contributed by atoms with E-state index in [9.17, 15) is 19.2 Å². The van der Waals surface area contributed by atoms with Crippen molar-refractivity contribution in [2.24, 2.45) is 7.05 Å². The highest BCUT2D eigenvalue weighted by Gasteiger charge is 2.26. The highest BCUT2D eigenvalue weighted by molar-refractivity contribution is 8.00. The van der Waals surface area contributed by atoms with E-state index in [2.05, 4.69) is 16.0 Å². The van der Waals surface area contributed by atoms with E-state index in [4.69, 9.17) is 23.2 Å². The van der Waals surface area contributed by atoms with E-state index in [1.165, 1.54) is 22.5 Å². The van der Waals surface area contributed by atoms with Crippen LogP contribution in [0.1, 0.15) is 32.4 Å². The van der Waals surface area contributed by atoms with Gasteiger partial charge in [-0.25, -0.2) is 4.68 Å². The summed E-state index contributed by atoms with van der Waals surface area (Å²) in [6.45, 7) is 1.78. The number of aromatic nitrogens is 2. The lowest BCUT2D eigenvalue weighted by molar-refractivity contribution is -0.116. The maximum Gasteiger partial charge on any atom is 0.295 e. The Labute approximate surface area is 320 Å². The molecular weight excluding hydrogens is 729 g/mol. The second kappa shape index (κ2) is 16.7. The topological polar surface area (TPSA) is 114 Å². The number of carbonyl (C=O) groups is 3. The monoisotopic (exact) mass is 761 g/mol. The zero-order valence-corrected chi connectivity index (χ0v) is 30.9. The van der Waals surface area contributed by atoms with Gasteiger partial charge in [-0.3, -0.25) is 23.9 Å². The van der Waals surface area contributed by atoms with Crippen molar-refractivity contribution < 1.29 is 14.4 Å².